The standard InChI is InChI=1S/C26H32O5S/c27-19(9-7-10-20-16-18-8-5-6-12-25(18)32-20)14-15-22-21(23(28)17-24(22)29)11-3-1-2-4-13-26(30)31/h1,3,5-6,8,12,14-16,19,21-22,24,27,29H,2,4,7,9-11,13,17H2,(H,30,31)/t19-,21+,22+,24+/m0/s1. The first-order valence-corrected chi connectivity index (χ1v) is 12.2. The van der Waals surface area contributed by atoms with Crippen molar-refractivity contribution in [2.45, 2.75) is 63.6 Å². The molecule has 0 saturated heterocycles. The van der Waals surface area contributed by atoms with Crippen LogP contribution < -0.4 is 0 Å². The van der Waals surface area contributed by atoms with Crippen molar-refractivity contribution in [3.63, 3.8) is 0 Å². The molecule has 1 saturated carbocycles. The van der Waals surface area contributed by atoms with Crippen molar-refractivity contribution < 1.29 is 24.9 Å². The highest BCUT2D eigenvalue weighted by molar-refractivity contribution is 7.19. The smallest absolute Gasteiger partial charge is 0.303 e. The monoisotopic (exact) mass is 456 g/mol. The summed E-state index contributed by atoms with van der Waals surface area (Å²) in [6.45, 7) is 0. The third-order valence-electron chi connectivity index (χ3n) is 6.01. The Labute approximate surface area is 193 Å². The van der Waals surface area contributed by atoms with Gasteiger partial charge < -0.3 is 15.3 Å². The normalized spacial score (nSPS) is 22.4. The number of rotatable bonds is 12. The van der Waals surface area contributed by atoms with Gasteiger partial charge in [0.1, 0.15) is 5.78 Å². The molecule has 1 aliphatic rings. The highest BCUT2D eigenvalue weighted by Crippen LogP contribution is 2.33. The van der Waals surface area contributed by atoms with Gasteiger partial charge in [-0.05, 0) is 56.0 Å². The van der Waals surface area contributed by atoms with Crippen LogP contribution >= 0.6 is 11.3 Å². The van der Waals surface area contributed by atoms with Gasteiger partial charge in [0.2, 0.25) is 0 Å². The van der Waals surface area contributed by atoms with Crippen LogP contribution in [-0.2, 0) is 16.0 Å². The highest BCUT2D eigenvalue weighted by Gasteiger charge is 2.39. The molecule has 0 radical (unpaired) electrons. The van der Waals surface area contributed by atoms with E-state index in [0.717, 1.165) is 12.8 Å². The van der Waals surface area contributed by atoms with Gasteiger partial charge in [-0.1, -0.05) is 42.5 Å². The van der Waals surface area contributed by atoms with E-state index in [9.17, 15) is 19.8 Å². The second-order valence-electron chi connectivity index (χ2n) is 8.51. The lowest BCUT2D eigenvalue weighted by molar-refractivity contribution is -0.137. The number of fused-ring (bicyclic) bond motifs is 1. The second kappa shape index (κ2) is 12.1. The maximum absolute atomic E-state index is 12.3. The number of carboxylic acid groups (broad SMARTS) is 1. The van der Waals surface area contributed by atoms with Crippen LogP contribution in [0.4, 0.5) is 0 Å². The Bertz CT molecular complexity index is 927. The molecule has 1 heterocycles. The van der Waals surface area contributed by atoms with Crippen molar-refractivity contribution in [1.82, 2.24) is 0 Å². The molecule has 0 bridgehead atoms. The van der Waals surface area contributed by atoms with Crippen LogP contribution in [0.3, 0.4) is 0 Å². The lowest BCUT2D eigenvalue weighted by atomic mass is 9.90. The Morgan fingerprint density at radius 2 is 2.03 bits per heavy atom. The third kappa shape index (κ3) is 7.12. The number of aliphatic carboxylic acids is 1. The Hall–Kier alpha value is -2.28. The maximum atomic E-state index is 12.3. The van der Waals surface area contributed by atoms with Gasteiger partial charge in [0.15, 0.2) is 0 Å². The van der Waals surface area contributed by atoms with Crippen LogP contribution in [0.1, 0.15) is 49.8 Å². The minimum absolute atomic E-state index is 0.0431. The fourth-order valence-corrected chi connectivity index (χ4v) is 5.36. The molecule has 32 heavy (non-hydrogen) atoms. The first-order chi connectivity index (χ1) is 15.4. The van der Waals surface area contributed by atoms with E-state index in [-0.39, 0.29) is 30.5 Å². The summed E-state index contributed by atoms with van der Waals surface area (Å²) >= 11 is 1.79. The van der Waals surface area contributed by atoms with Crippen molar-refractivity contribution in [3.05, 3.63) is 59.5 Å². The van der Waals surface area contributed by atoms with Gasteiger partial charge in [-0.25, -0.2) is 0 Å². The van der Waals surface area contributed by atoms with E-state index in [2.05, 4.69) is 18.2 Å². The molecule has 4 atom stereocenters. The average molecular weight is 457 g/mol. The molecule has 1 aliphatic carbocycles. The zero-order valence-electron chi connectivity index (χ0n) is 18.2. The molecule has 0 amide bonds. The van der Waals surface area contributed by atoms with Crippen LogP contribution in [0.25, 0.3) is 10.1 Å². The predicted octanol–water partition coefficient (Wildman–Crippen LogP) is 4.91. The number of aliphatic hydroxyl groups excluding tert-OH is 2. The van der Waals surface area contributed by atoms with E-state index in [0.29, 0.717) is 25.7 Å². The van der Waals surface area contributed by atoms with E-state index in [4.69, 9.17) is 5.11 Å². The summed E-state index contributed by atoms with van der Waals surface area (Å²) in [5.74, 6) is -1.34. The maximum Gasteiger partial charge on any atom is 0.303 e. The van der Waals surface area contributed by atoms with E-state index < -0.39 is 18.2 Å². The largest absolute Gasteiger partial charge is 0.481 e. The quantitative estimate of drug-likeness (QED) is 0.312. The number of benzene rings is 1. The summed E-state index contributed by atoms with van der Waals surface area (Å²) < 4.78 is 1.28. The number of Topliss-reactive ketones (excluding diaryl/α,β-unsaturated/α-hetero) is 1. The Morgan fingerprint density at radius 1 is 1.22 bits per heavy atom. The number of carboxylic acids is 1. The fraction of sp³-hybridized carbons (Fsp3) is 0.462. The fourth-order valence-electron chi connectivity index (χ4n) is 4.26. The molecule has 1 fully saturated rings. The van der Waals surface area contributed by atoms with Crippen LogP contribution in [0.2, 0.25) is 0 Å². The van der Waals surface area contributed by atoms with Crippen LogP contribution in [0.5, 0.6) is 0 Å². The molecule has 1 aromatic carbocycles. The summed E-state index contributed by atoms with van der Waals surface area (Å²) in [4.78, 5) is 24.1. The van der Waals surface area contributed by atoms with Gasteiger partial charge in [0.05, 0.1) is 12.2 Å². The van der Waals surface area contributed by atoms with E-state index in [1.54, 1.807) is 17.4 Å². The van der Waals surface area contributed by atoms with Gasteiger partial charge in [0.25, 0.3) is 0 Å². The Kier molecular flexibility index (Phi) is 9.21. The lowest BCUT2D eigenvalue weighted by Gasteiger charge is -2.16. The zero-order chi connectivity index (χ0) is 22.9. The average Bonchev–Trinajstić information content (AvgIpc) is 3.28. The summed E-state index contributed by atoms with van der Waals surface area (Å²) in [7, 11) is 0. The first kappa shape index (κ1) is 24.4. The molecule has 3 N–H and O–H groups in total. The molecular weight excluding hydrogens is 424 g/mol. The molecule has 0 aliphatic heterocycles. The summed E-state index contributed by atoms with van der Waals surface area (Å²) in [6.07, 6.45) is 10.5. The number of allylic oxidation sites excluding steroid dienone is 2. The Morgan fingerprint density at radius 3 is 2.81 bits per heavy atom. The van der Waals surface area contributed by atoms with Gasteiger partial charge in [-0.2, -0.15) is 0 Å². The molecule has 3 rings (SSSR count). The topological polar surface area (TPSA) is 94.8 Å². The molecule has 0 spiro atoms. The lowest BCUT2D eigenvalue weighted by Crippen LogP contribution is -2.18. The number of aliphatic hydroxyl groups is 2. The molecule has 6 heteroatoms. The number of ketones is 1. The third-order valence-corrected chi connectivity index (χ3v) is 7.18. The number of hydrogen-bond donors (Lipinski definition) is 3. The molecule has 0 unspecified atom stereocenters. The number of thiophene rings is 1. The predicted molar refractivity (Wildman–Crippen MR) is 128 cm³/mol. The number of carbonyl (C=O) groups is 2. The summed E-state index contributed by atoms with van der Waals surface area (Å²) in [5.41, 5.74) is 0. The van der Waals surface area contributed by atoms with E-state index in [1.807, 2.05) is 30.4 Å². The first-order valence-electron chi connectivity index (χ1n) is 11.4. The van der Waals surface area contributed by atoms with Gasteiger partial charge in [-0.15, -0.1) is 11.3 Å². The molecule has 5 nitrogen and oxygen atoms in total. The highest BCUT2D eigenvalue weighted by atomic mass is 32.1. The molecule has 172 valence electrons. The van der Waals surface area contributed by atoms with Crippen LogP contribution in [-0.4, -0.2) is 39.3 Å². The number of aryl methyl sites for hydroxylation is 1. The van der Waals surface area contributed by atoms with Gasteiger partial charge >= 0.3 is 5.97 Å². The Balaban J connectivity index is 1.45. The minimum atomic E-state index is -0.805. The van der Waals surface area contributed by atoms with Crippen molar-refractivity contribution in [3.8, 4) is 0 Å². The van der Waals surface area contributed by atoms with Gasteiger partial charge in [-0.3, -0.25) is 9.59 Å². The number of unbranched alkanes of at least 4 members (excludes halogenated alkanes) is 1. The summed E-state index contributed by atoms with van der Waals surface area (Å²) in [6, 6.07) is 10.5. The van der Waals surface area contributed by atoms with Crippen molar-refractivity contribution >= 4 is 33.2 Å². The molecule has 1 aromatic heterocycles. The molecule has 2 aromatic rings. The SMILES string of the molecule is O=C(O)CCCC=CC[C@H]1C(=O)C[C@@H](O)[C@@H]1C=C[C@@H](O)CCCc1cc2ccccc2s1. The molecular formula is C26H32O5S. The van der Waals surface area contributed by atoms with Crippen LogP contribution in [0.15, 0.2) is 54.6 Å². The van der Waals surface area contributed by atoms with Crippen LogP contribution in [0, 0.1) is 11.8 Å². The van der Waals surface area contributed by atoms with Crippen molar-refractivity contribution in [2.24, 2.45) is 11.8 Å². The van der Waals surface area contributed by atoms with E-state index >= 15 is 0 Å². The van der Waals surface area contributed by atoms with Crippen molar-refractivity contribution in [2.75, 3.05) is 0 Å². The minimum Gasteiger partial charge on any atom is -0.481 e. The number of carbonyl (C=O) groups excluding carboxylic acids is 1. The van der Waals surface area contributed by atoms with E-state index in [1.165, 1.54) is 15.0 Å². The second-order valence-corrected chi connectivity index (χ2v) is 9.68. The van der Waals surface area contributed by atoms with Crippen molar-refractivity contribution in [1.29, 1.82) is 0 Å². The van der Waals surface area contributed by atoms with Gasteiger partial charge in [0, 0.05) is 34.3 Å². The summed E-state index contributed by atoms with van der Waals surface area (Å²) in [5, 5.41) is 30.6. The zero-order valence-corrected chi connectivity index (χ0v) is 19.0. The number of hydrogen-bond acceptors (Lipinski definition) is 5.